The van der Waals surface area contributed by atoms with Gasteiger partial charge in [0.2, 0.25) is 11.5 Å². The van der Waals surface area contributed by atoms with E-state index in [4.69, 9.17) is 56.8 Å². The van der Waals surface area contributed by atoms with Crippen LogP contribution in [0, 0.1) is 0 Å². The lowest BCUT2D eigenvalue weighted by atomic mass is 9.85. The molecule has 4 atom stereocenters. The molecular formula is C57H80N2O14+2. The molecule has 4 aromatic rings. The highest BCUT2D eigenvalue weighted by Crippen LogP contribution is 2.49. The minimum atomic E-state index is -0.206. The van der Waals surface area contributed by atoms with Gasteiger partial charge in [0, 0.05) is 61.6 Å². The molecule has 2 heterocycles. The van der Waals surface area contributed by atoms with Gasteiger partial charge in [0.1, 0.15) is 12.1 Å². The van der Waals surface area contributed by atoms with Crippen molar-refractivity contribution in [3.63, 3.8) is 0 Å². The molecule has 0 amide bonds. The fourth-order valence-electron chi connectivity index (χ4n) is 11.0. The molecule has 16 heteroatoms. The van der Waals surface area contributed by atoms with Crippen LogP contribution in [0.25, 0.3) is 0 Å². The number of likely N-dealkylation sites (N-methyl/N-ethyl adjacent to an activating group) is 2. The Labute approximate surface area is 432 Å². The van der Waals surface area contributed by atoms with Gasteiger partial charge >= 0.3 is 11.9 Å². The van der Waals surface area contributed by atoms with Crippen LogP contribution in [0.15, 0.2) is 48.5 Å². The van der Waals surface area contributed by atoms with Crippen LogP contribution >= 0.6 is 0 Å². The Kier molecular flexibility index (Phi) is 20.0. The third kappa shape index (κ3) is 13.1. The molecule has 0 saturated carbocycles. The van der Waals surface area contributed by atoms with E-state index in [1.54, 1.807) is 71.1 Å². The van der Waals surface area contributed by atoms with Crippen molar-refractivity contribution in [1.82, 2.24) is 0 Å². The molecule has 73 heavy (non-hydrogen) atoms. The maximum atomic E-state index is 12.9. The number of carbonyl (C=O) groups excluding carboxylic acids is 2. The van der Waals surface area contributed by atoms with E-state index >= 15 is 0 Å². The Hall–Kier alpha value is -6.26. The summed E-state index contributed by atoms with van der Waals surface area (Å²) in [5.41, 5.74) is 6.81. The summed E-state index contributed by atoms with van der Waals surface area (Å²) in [5, 5.41) is 0. The fourth-order valence-corrected chi connectivity index (χ4v) is 11.0. The summed E-state index contributed by atoms with van der Waals surface area (Å²) in [4.78, 5) is 25.8. The van der Waals surface area contributed by atoms with Crippen molar-refractivity contribution in [3.05, 3.63) is 81.9 Å². The number of esters is 2. The van der Waals surface area contributed by atoms with Gasteiger partial charge in [0.15, 0.2) is 46.0 Å². The molecule has 0 aromatic heterocycles. The number of fused-ring (bicyclic) bond motifs is 2. The summed E-state index contributed by atoms with van der Waals surface area (Å²) in [6.45, 7) is 3.98. The molecule has 6 rings (SSSR count). The maximum Gasteiger partial charge on any atom is 0.305 e. The Balaban J connectivity index is 0.955. The summed E-state index contributed by atoms with van der Waals surface area (Å²) in [5.74, 6) is 5.81. The SMILES string of the molecule is COc1cc2c(cc1OC)[C@@H](c1cc(OC)c(OC)c(OC)c1)[N@+](C)(CCCOC(=O)CCCCCCC(=O)OCCC[N@+]1(C)CCc3cc(OC)c(OC)cc3[C@H]1Cc1cc(OC)c(OC)c(OC)c1)CC2. The smallest absolute Gasteiger partial charge is 0.305 e. The van der Waals surface area contributed by atoms with Crippen LogP contribution in [0.3, 0.4) is 0 Å². The molecule has 16 nitrogen and oxygen atoms in total. The number of methoxy groups -OCH3 is 10. The van der Waals surface area contributed by atoms with Crippen molar-refractivity contribution < 1.29 is 75.4 Å². The van der Waals surface area contributed by atoms with Crippen LogP contribution in [0.5, 0.6) is 57.5 Å². The van der Waals surface area contributed by atoms with Crippen LogP contribution in [0.1, 0.15) is 96.8 Å². The standard InChI is InChI=1S/C57H80N2O14/c1-58(25-21-39-32-45(62-3)47(64-5)36-42(39)44(58)29-38-30-49(66-7)56(70-11)50(31-38)67-8)23-17-27-72-53(60)19-15-13-14-16-20-54(61)73-28-18-24-59(2)26-22-40-33-46(63-4)48(65-6)37-43(40)55(59)41-34-51(68-9)57(71-12)52(35-41)69-10/h30-37,44,55H,13-29H2,1-12H3/q+2/t44-,55-,58-,59-/m1/s1. The fraction of sp³-hybridized carbons (Fsp3) is 0.544. The molecule has 0 unspecified atom stereocenters. The first-order valence-corrected chi connectivity index (χ1v) is 25.4. The summed E-state index contributed by atoms with van der Waals surface area (Å²) in [6, 6.07) is 16.4. The first kappa shape index (κ1) is 56.0. The largest absolute Gasteiger partial charge is 0.493 e. The Morgan fingerprint density at radius 2 is 0.849 bits per heavy atom. The number of nitrogens with zero attached hydrogens (tertiary/aromatic N) is 2. The van der Waals surface area contributed by atoms with Gasteiger partial charge in [-0.2, -0.15) is 0 Å². The normalized spacial score (nSPS) is 18.8. The van der Waals surface area contributed by atoms with E-state index in [9.17, 15) is 9.59 Å². The second-order valence-corrected chi connectivity index (χ2v) is 19.3. The van der Waals surface area contributed by atoms with E-state index in [0.717, 1.165) is 73.0 Å². The van der Waals surface area contributed by atoms with Gasteiger partial charge in [-0.25, -0.2) is 0 Å². The monoisotopic (exact) mass is 1020 g/mol. The summed E-state index contributed by atoms with van der Waals surface area (Å²) in [7, 11) is 20.8. The van der Waals surface area contributed by atoms with Crippen molar-refractivity contribution >= 4 is 11.9 Å². The van der Waals surface area contributed by atoms with E-state index in [2.05, 4.69) is 38.4 Å². The minimum Gasteiger partial charge on any atom is -0.493 e. The molecule has 2 aliphatic heterocycles. The topological polar surface area (TPSA) is 145 Å². The number of quaternary nitrogens is 2. The van der Waals surface area contributed by atoms with Gasteiger partial charge in [-0.05, 0) is 78.1 Å². The van der Waals surface area contributed by atoms with Crippen LogP contribution in [-0.4, -0.2) is 145 Å². The highest BCUT2D eigenvalue weighted by atomic mass is 16.6. The molecule has 4 aromatic carbocycles. The van der Waals surface area contributed by atoms with Gasteiger partial charge in [0.25, 0.3) is 0 Å². The van der Waals surface area contributed by atoms with E-state index in [1.807, 2.05) is 24.3 Å². The lowest BCUT2D eigenvalue weighted by molar-refractivity contribution is -0.941. The van der Waals surface area contributed by atoms with Crippen LogP contribution in [-0.2, 0) is 38.3 Å². The second kappa shape index (κ2) is 26.1. The van der Waals surface area contributed by atoms with E-state index in [0.29, 0.717) is 120 Å². The Morgan fingerprint density at radius 1 is 0.452 bits per heavy atom. The van der Waals surface area contributed by atoms with Gasteiger partial charge in [-0.15, -0.1) is 0 Å². The Morgan fingerprint density at radius 3 is 1.30 bits per heavy atom. The van der Waals surface area contributed by atoms with Crippen molar-refractivity contribution in [2.75, 3.05) is 125 Å². The minimum absolute atomic E-state index is 0.0630. The quantitative estimate of drug-likeness (QED) is 0.0303. The molecule has 0 spiro atoms. The van der Waals surface area contributed by atoms with Crippen LogP contribution < -0.4 is 47.4 Å². The number of carbonyl (C=O) groups is 2. The lowest BCUT2D eigenvalue weighted by Gasteiger charge is -2.46. The van der Waals surface area contributed by atoms with Crippen LogP contribution in [0.2, 0.25) is 0 Å². The molecule has 0 aliphatic carbocycles. The number of benzene rings is 4. The predicted molar refractivity (Wildman–Crippen MR) is 278 cm³/mol. The number of rotatable bonds is 28. The number of hydrogen-bond donors (Lipinski definition) is 0. The van der Waals surface area contributed by atoms with E-state index in [1.165, 1.54) is 16.7 Å². The van der Waals surface area contributed by atoms with Crippen molar-refractivity contribution in [2.45, 2.75) is 82.7 Å². The third-order valence-electron chi connectivity index (χ3n) is 14.9. The highest BCUT2D eigenvalue weighted by molar-refractivity contribution is 5.69. The maximum absolute atomic E-state index is 12.9. The molecule has 0 N–H and O–H groups in total. The third-order valence-corrected chi connectivity index (χ3v) is 14.9. The number of hydrogen-bond acceptors (Lipinski definition) is 14. The first-order chi connectivity index (χ1) is 35.3. The molecule has 0 bridgehead atoms. The summed E-state index contributed by atoms with van der Waals surface area (Å²) in [6.07, 6.45) is 7.53. The zero-order valence-electron chi connectivity index (χ0n) is 45.4. The molecule has 0 fully saturated rings. The lowest BCUT2D eigenvalue weighted by Crippen LogP contribution is -2.52. The van der Waals surface area contributed by atoms with E-state index in [-0.39, 0.29) is 24.0 Å². The second-order valence-electron chi connectivity index (χ2n) is 19.3. The molecular weight excluding hydrogens is 937 g/mol. The summed E-state index contributed by atoms with van der Waals surface area (Å²) >= 11 is 0. The first-order valence-electron chi connectivity index (χ1n) is 25.4. The average molecular weight is 1020 g/mol. The average Bonchev–Trinajstić information content (AvgIpc) is 3.41. The van der Waals surface area contributed by atoms with Crippen LogP contribution in [0.4, 0.5) is 0 Å². The van der Waals surface area contributed by atoms with Gasteiger partial charge < -0.3 is 65.8 Å². The molecule has 0 saturated heterocycles. The zero-order valence-corrected chi connectivity index (χ0v) is 45.4. The van der Waals surface area contributed by atoms with Crippen molar-refractivity contribution in [3.8, 4) is 57.5 Å². The van der Waals surface area contributed by atoms with Crippen molar-refractivity contribution in [2.24, 2.45) is 0 Å². The Bertz CT molecular complexity index is 2450. The van der Waals surface area contributed by atoms with Gasteiger partial charge in [-0.1, -0.05) is 12.8 Å². The molecule has 2 aliphatic rings. The molecule has 400 valence electrons. The molecule has 0 radical (unpaired) electrons. The number of ether oxygens (including phenoxy) is 12. The predicted octanol–water partition coefficient (Wildman–Crippen LogP) is 9.06. The van der Waals surface area contributed by atoms with Crippen molar-refractivity contribution in [1.29, 1.82) is 0 Å². The van der Waals surface area contributed by atoms with Gasteiger partial charge in [0.05, 0.1) is 125 Å². The van der Waals surface area contributed by atoms with E-state index < -0.39 is 0 Å². The van der Waals surface area contributed by atoms with Gasteiger partial charge in [-0.3, -0.25) is 9.59 Å². The zero-order chi connectivity index (χ0) is 52.7. The highest BCUT2D eigenvalue weighted by Gasteiger charge is 2.43. The number of unbranched alkanes of at least 4 members (excludes halogenated alkanes) is 3. The summed E-state index contributed by atoms with van der Waals surface area (Å²) < 4.78 is 70.0.